The molecule has 1 N–H and O–H groups in total. The monoisotopic (exact) mass is 291 g/mol. The second kappa shape index (κ2) is 5.60. The lowest BCUT2D eigenvalue weighted by molar-refractivity contribution is -0.0930. The van der Waals surface area contributed by atoms with E-state index in [0.29, 0.717) is 12.3 Å². The minimum Gasteiger partial charge on any atom is -0.487 e. The zero-order chi connectivity index (χ0) is 14.8. The van der Waals surface area contributed by atoms with Gasteiger partial charge in [-0.2, -0.15) is 0 Å². The number of nitrogens with one attached hydrogen (secondary N) is 1. The van der Waals surface area contributed by atoms with E-state index in [0.717, 1.165) is 12.5 Å². The quantitative estimate of drug-likeness (QED) is 0.808. The number of hydrogen-bond acceptors (Lipinski definition) is 2. The summed E-state index contributed by atoms with van der Waals surface area (Å²) in [6.07, 6.45) is -0.295. The van der Waals surface area contributed by atoms with Crippen LogP contribution in [-0.4, -0.2) is 24.5 Å². The Morgan fingerprint density at radius 2 is 2.05 bits per heavy atom. The van der Waals surface area contributed by atoms with Crippen molar-refractivity contribution in [2.45, 2.75) is 44.2 Å². The summed E-state index contributed by atoms with van der Waals surface area (Å²) in [4.78, 5) is 0. The molecule has 1 aliphatic carbocycles. The first-order chi connectivity index (χ1) is 9.23. The van der Waals surface area contributed by atoms with Gasteiger partial charge in [-0.25, -0.2) is 17.6 Å². The minimum absolute atomic E-state index is 0.148. The molecule has 1 saturated carbocycles. The molecule has 6 heteroatoms. The lowest BCUT2D eigenvalue weighted by atomic mass is 9.88. The van der Waals surface area contributed by atoms with Crippen molar-refractivity contribution in [2.75, 3.05) is 6.61 Å². The molecule has 1 aromatic carbocycles. The topological polar surface area (TPSA) is 21.3 Å². The Kier molecular flexibility index (Phi) is 4.22. The Bertz CT molecular complexity index is 451. The van der Waals surface area contributed by atoms with Crippen LogP contribution in [0.15, 0.2) is 24.3 Å². The Balaban J connectivity index is 1.81. The van der Waals surface area contributed by atoms with E-state index in [1.807, 2.05) is 0 Å². The largest absolute Gasteiger partial charge is 0.487 e. The molecule has 0 spiro atoms. The lowest BCUT2D eigenvalue weighted by Gasteiger charge is -2.35. The molecule has 0 unspecified atom stereocenters. The standard InChI is InChI=1S/C14H17F4NO/c1-13(15,16)9-20-12-4-2-3-10(5-12)8-19-11-6-14(17,18)7-11/h2-5,11,19H,6-9H2,1H3. The van der Waals surface area contributed by atoms with Crippen LogP contribution >= 0.6 is 0 Å². The summed E-state index contributed by atoms with van der Waals surface area (Å²) in [5.74, 6) is -5.08. The maximum Gasteiger partial charge on any atom is 0.278 e. The van der Waals surface area contributed by atoms with Crippen LogP contribution in [0.2, 0.25) is 0 Å². The molecular formula is C14H17F4NO. The number of rotatable bonds is 6. The van der Waals surface area contributed by atoms with Crippen LogP contribution in [0.1, 0.15) is 25.3 Å². The first kappa shape index (κ1) is 15.1. The average molecular weight is 291 g/mol. The van der Waals surface area contributed by atoms with Crippen molar-refractivity contribution in [3.63, 3.8) is 0 Å². The number of benzene rings is 1. The van der Waals surface area contributed by atoms with Crippen LogP contribution < -0.4 is 10.1 Å². The summed E-state index contributed by atoms with van der Waals surface area (Å²) in [5.41, 5.74) is 0.817. The van der Waals surface area contributed by atoms with E-state index < -0.39 is 18.5 Å². The fraction of sp³-hybridized carbons (Fsp3) is 0.571. The summed E-state index contributed by atoms with van der Waals surface area (Å²) < 4.78 is 55.7. The highest BCUT2D eigenvalue weighted by molar-refractivity contribution is 5.28. The maximum atomic E-state index is 12.7. The lowest BCUT2D eigenvalue weighted by Crippen LogP contribution is -2.48. The summed E-state index contributed by atoms with van der Waals surface area (Å²) >= 11 is 0. The van der Waals surface area contributed by atoms with Gasteiger partial charge in [0.1, 0.15) is 5.75 Å². The SMILES string of the molecule is CC(F)(F)COc1cccc(CNC2CC(F)(F)C2)c1. The third-order valence-electron chi connectivity index (χ3n) is 3.08. The number of hydrogen-bond donors (Lipinski definition) is 1. The van der Waals surface area contributed by atoms with E-state index in [2.05, 4.69) is 5.32 Å². The van der Waals surface area contributed by atoms with Crippen molar-refractivity contribution in [2.24, 2.45) is 0 Å². The molecule has 0 aromatic heterocycles. The molecule has 1 fully saturated rings. The Hall–Kier alpha value is -1.30. The Labute approximate surface area is 115 Å². The number of alkyl halides is 4. The molecule has 0 aliphatic heterocycles. The van der Waals surface area contributed by atoms with Gasteiger partial charge in [0.2, 0.25) is 0 Å². The van der Waals surface area contributed by atoms with Gasteiger partial charge in [0.05, 0.1) is 0 Å². The van der Waals surface area contributed by atoms with E-state index in [4.69, 9.17) is 4.74 Å². The second-order valence-corrected chi connectivity index (χ2v) is 5.35. The molecule has 2 nitrogen and oxygen atoms in total. The van der Waals surface area contributed by atoms with E-state index >= 15 is 0 Å². The third-order valence-corrected chi connectivity index (χ3v) is 3.08. The fourth-order valence-electron chi connectivity index (χ4n) is 2.02. The highest BCUT2D eigenvalue weighted by Gasteiger charge is 2.44. The third kappa shape index (κ3) is 4.67. The molecule has 112 valence electrons. The molecule has 0 radical (unpaired) electrons. The van der Waals surface area contributed by atoms with Gasteiger partial charge < -0.3 is 10.1 Å². The molecule has 0 amide bonds. The van der Waals surface area contributed by atoms with Gasteiger partial charge in [-0.15, -0.1) is 0 Å². The van der Waals surface area contributed by atoms with Gasteiger partial charge in [-0.05, 0) is 17.7 Å². The Morgan fingerprint density at radius 3 is 2.65 bits per heavy atom. The molecule has 0 saturated heterocycles. The van der Waals surface area contributed by atoms with Crippen molar-refractivity contribution in [3.05, 3.63) is 29.8 Å². The molecule has 2 rings (SSSR count). The molecule has 1 aliphatic rings. The molecule has 0 bridgehead atoms. The summed E-state index contributed by atoms with van der Waals surface area (Å²) in [6.45, 7) is 0.522. The zero-order valence-electron chi connectivity index (χ0n) is 11.1. The second-order valence-electron chi connectivity index (χ2n) is 5.35. The van der Waals surface area contributed by atoms with E-state index in [1.54, 1.807) is 24.3 Å². The normalized spacial score (nSPS) is 18.6. The Morgan fingerprint density at radius 1 is 1.35 bits per heavy atom. The maximum absolute atomic E-state index is 12.7. The van der Waals surface area contributed by atoms with Gasteiger partial charge in [-0.3, -0.25) is 0 Å². The fourth-order valence-corrected chi connectivity index (χ4v) is 2.02. The van der Waals surface area contributed by atoms with Crippen molar-refractivity contribution >= 4 is 0 Å². The molecule has 0 atom stereocenters. The van der Waals surface area contributed by atoms with Gasteiger partial charge in [-0.1, -0.05) is 12.1 Å². The predicted molar refractivity (Wildman–Crippen MR) is 67.4 cm³/mol. The van der Waals surface area contributed by atoms with Crippen LogP contribution in [0.4, 0.5) is 17.6 Å². The molecule has 0 heterocycles. The molecule has 20 heavy (non-hydrogen) atoms. The van der Waals surface area contributed by atoms with Gasteiger partial charge in [0.15, 0.2) is 6.61 Å². The smallest absolute Gasteiger partial charge is 0.278 e. The average Bonchev–Trinajstić information content (AvgIpc) is 2.31. The first-order valence-electron chi connectivity index (χ1n) is 6.44. The van der Waals surface area contributed by atoms with E-state index in [9.17, 15) is 17.6 Å². The van der Waals surface area contributed by atoms with Crippen molar-refractivity contribution in [1.82, 2.24) is 5.32 Å². The van der Waals surface area contributed by atoms with Gasteiger partial charge >= 0.3 is 0 Å². The van der Waals surface area contributed by atoms with Crippen LogP contribution in [0.25, 0.3) is 0 Å². The van der Waals surface area contributed by atoms with Gasteiger partial charge in [0, 0.05) is 32.4 Å². The van der Waals surface area contributed by atoms with Crippen LogP contribution in [0, 0.1) is 0 Å². The van der Waals surface area contributed by atoms with Crippen LogP contribution in [-0.2, 0) is 6.54 Å². The van der Waals surface area contributed by atoms with Crippen molar-refractivity contribution in [3.8, 4) is 5.75 Å². The van der Waals surface area contributed by atoms with E-state index in [-0.39, 0.29) is 18.9 Å². The summed E-state index contributed by atoms with van der Waals surface area (Å²) in [6, 6.07) is 6.52. The van der Waals surface area contributed by atoms with Crippen LogP contribution in [0.5, 0.6) is 5.75 Å². The van der Waals surface area contributed by atoms with Crippen LogP contribution in [0.3, 0.4) is 0 Å². The first-order valence-corrected chi connectivity index (χ1v) is 6.44. The summed E-state index contributed by atoms with van der Waals surface area (Å²) in [7, 11) is 0. The van der Waals surface area contributed by atoms with E-state index in [1.165, 1.54) is 0 Å². The number of ether oxygens (including phenoxy) is 1. The highest BCUT2D eigenvalue weighted by Crippen LogP contribution is 2.37. The minimum atomic E-state index is -2.88. The summed E-state index contributed by atoms with van der Waals surface area (Å²) in [5, 5.41) is 3.01. The zero-order valence-corrected chi connectivity index (χ0v) is 11.1. The molecule has 1 aromatic rings. The van der Waals surface area contributed by atoms with Crippen molar-refractivity contribution in [1.29, 1.82) is 0 Å². The predicted octanol–water partition coefficient (Wildman–Crippen LogP) is 3.61. The van der Waals surface area contributed by atoms with Gasteiger partial charge in [0.25, 0.3) is 11.8 Å². The highest BCUT2D eigenvalue weighted by atomic mass is 19.3. The number of halogens is 4. The van der Waals surface area contributed by atoms with Crippen molar-refractivity contribution < 1.29 is 22.3 Å². The molecular weight excluding hydrogens is 274 g/mol.